The molecule has 1 aromatic heterocycles. The number of halogens is 2. The second kappa shape index (κ2) is 17.9. The number of benzene rings is 2. The van der Waals surface area contributed by atoms with E-state index in [4.69, 9.17) is 37.7 Å². The van der Waals surface area contributed by atoms with E-state index < -0.39 is 35.2 Å². The number of carbonyl (C=O) groups is 4. The molecule has 0 aliphatic carbocycles. The molecule has 1 fully saturated rings. The molecule has 1 aliphatic rings. The monoisotopic (exact) mass is 777 g/mol. The minimum Gasteiger partial charge on any atom is -0.460 e. The topological polar surface area (TPSA) is 139 Å². The lowest BCUT2D eigenvalue weighted by Crippen LogP contribution is -2.47. The molecule has 3 N–H and O–H groups in total. The lowest BCUT2D eigenvalue weighted by molar-refractivity contribution is -0.156. The highest BCUT2D eigenvalue weighted by molar-refractivity contribution is 8.01. The van der Waals surface area contributed by atoms with Crippen LogP contribution in [-0.4, -0.2) is 75.9 Å². The Balaban J connectivity index is 1.28. The number of aromatic nitrogens is 1. The highest BCUT2D eigenvalue weighted by Gasteiger charge is 2.29. The number of nitrogens with zero attached hydrogens (tertiary/aromatic N) is 2. The summed E-state index contributed by atoms with van der Waals surface area (Å²) in [5.74, 6) is -1.04. The van der Waals surface area contributed by atoms with Crippen molar-refractivity contribution in [1.29, 1.82) is 0 Å². The number of thiazole rings is 1. The molecule has 0 unspecified atom stereocenters. The Labute approximate surface area is 317 Å². The number of hydrogen-bond acceptors (Lipinski definition) is 10. The van der Waals surface area contributed by atoms with Gasteiger partial charge in [0.05, 0.1) is 27.9 Å². The van der Waals surface area contributed by atoms with Crippen molar-refractivity contribution in [3.8, 4) is 11.3 Å². The van der Waals surface area contributed by atoms with E-state index in [1.807, 2.05) is 29.6 Å². The molecule has 0 saturated carbocycles. The van der Waals surface area contributed by atoms with E-state index in [9.17, 15) is 19.2 Å². The van der Waals surface area contributed by atoms with Crippen LogP contribution in [0, 0.1) is 0 Å². The summed E-state index contributed by atoms with van der Waals surface area (Å²) in [7, 11) is 0. The lowest BCUT2D eigenvalue weighted by Gasteiger charge is -2.32. The van der Waals surface area contributed by atoms with Gasteiger partial charge in [0, 0.05) is 42.3 Å². The van der Waals surface area contributed by atoms with Crippen LogP contribution in [0.5, 0.6) is 0 Å². The summed E-state index contributed by atoms with van der Waals surface area (Å²) >= 11 is 15.0. The van der Waals surface area contributed by atoms with E-state index in [1.165, 1.54) is 23.1 Å². The third-order valence-corrected chi connectivity index (χ3v) is 10.1. The Kier molecular flexibility index (Phi) is 14.2. The fourth-order valence-corrected chi connectivity index (χ4v) is 7.15. The average Bonchev–Trinajstić information content (AvgIpc) is 3.50. The Bertz CT molecular complexity index is 1670. The summed E-state index contributed by atoms with van der Waals surface area (Å²) < 4.78 is 11.4. The Morgan fingerprint density at radius 1 is 0.980 bits per heavy atom. The van der Waals surface area contributed by atoms with Gasteiger partial charge in [-0.05, 0) is 84.2 Å². The number of likely N-dealkylation sites (tertiary alicyclic amines) is 1. The molecule has 11 nitrogen and oxygen atoms in total. The van der Waals surface area contributed by atoms with E-state index in [0.29, 0.717) is 21.4 Å². The number of piperidine rings is 1. The minimum atomic E-state index is -1.24. The van der Waals surface area contributed by atoms with Crippen molar-refractivity contribution in [2.75, 3.05) is 24.2 Å². The maximum atomic E-state index is 13.3. The number of esters is 1. The standard InChI is InChI=1S/C36H45Cl2N5O6S2/c1-35(2,3)48-31(45)18-28(41-33(47)49-36(4,5)6)32(46)40-25-9-7-8-23(17-25)29-20-50-34(42-29)51-21-30(44)39-24-12-14-43(15-13-24)19-22-10-11-26(37)27(38)16-22/h7-11,16-17,20,24,28H,12-15,18-19,21H2,1-6H3,(H,39,44)(H,40,46)(H,41,47)/t28-/m0/s1. The SMILES string of the molecule is CC(C)(C)OC(=O)C[C@H](NC(=O)OC(C)(C)C)C(=O)Nc1cccc(-c2csc(SCC(=O)NC3CCN(Cc4ccc(Cl)c(Cl)c4)CC3)n2)c1. The molecule has 1 saturated heterocycles. The Hall–Kier alpha value is -3.36. The van der Waals surface area contributed by atoms with E-state index in [1.54, 1.807) is 59.7 Å². The molecule has 3 amide bonds. The largest absolute Gasteiger partial charge is 0.460 e. The Morgan fingerprint density at radius 2 is 1.69 bits per heavy atom. The zero-order valence-electron chi connectivity index (χ0n) is 29.6. The van der Waals surface area contributed by atoms with Gasteiger partial charge in [-0.25, -0.2) is 9.78 Å². The van der Waals surface area contributed by atoms with Crippen LogP contribution in [0.3, 0.4) is 0 Å². The number of rotatable bonds is 12. The molecule has 276 valence electrons. The minimum absolute atomic E-state index is 0.0367. The zero-order chi connectivity index (χ0) is 37.3. The molecule has 2 heterocycles. The summed E-state index contributed by atoms with van der Waals surface area (Å²) in [4.78, 5) is 58.2. The van der Waals surface area contributed by atoms with Gasteiger partial charge in [-0.1, -0.05) is 53.2 Å². The van der Waals surface area contributed by atoms with Gasteiger partial charge in [0.25, 0.3) is 0 Å². The lowest BCUT2D eigenvalue weighted by atomic mass is 10.0. The molecule has 0 bridgehead atoms. The van der Waals surface area contributed by atoms with Gasteiger partial charge < -0.3 is 25.4 Å². The second-order valence-electron chi connectivity index (χ2n) is 14.2. The molecule has 1 atom stereocenters. The third-order valence-electron chi connectivity index (χ3n) is 7.38. The number of carbonyl (C=O) groups excluding carboxylic acids is 4. The quantitative estimate of drug-likeness (QED) is 0.126. The zero-order valence-corrected chi connectivity index (χ0v) is 32.8. The number of alkyl carbamates (subject to hydrolysis) is 1. The molecule has 0 spiro atoms. The van der Waals surface area contributed by atoms with Crippen LogP contribution < -0.4 is 16.0 Å². The molecule has 2 aromatic carbocycles. The smallest absolute Gasteiger partial charge is 0.408 e. The molecule has 0 radical (unpaired) electrons. The van der Waals surface area contributed by atoms with Crippen LogP contribution in [0.2, 0.25) is 10.0 Å². The van der Waals surface area contributed by atoms with Crippen LogP contribution in [0.25, 0.3) is 11.3 Å². The second-order valence-corrected chi connectivity index (χ2v) is 17.1. The van der Waals surface area contributed by atoms with Crippen LogP contribution in [0.15, 0.2) is 52.2 Å². The third kappa shape index (κ3) is 13.9. The number of nitrogens with one attached hydrogen (secondary N) is 3. The molecular formula is C36H45Cl2N5O6S2. The van der Waals surface area contributed by atoms with E-state index >= 15 is 0 Å². The van der Waals surface area contributed by atoms with Crippen molar-refractivity contribution < 1.29 is 28.7 Å². The number of amides is 3. The maximum absolute atomic E-state index is 13.3. The fraction of sp³-hybridized carbons (Fsp3) is 0.472. The first-order valence-corrected chi connectivity index (χ1v) is 19.2. The van der Waals surface area contributed by atoms with Crippen molar-refractivity contribution >= 4 is 75.9 Å². The molecular weight excluding hydrogens is 733 g/mol. The number of anilines is 1. The first-order chi connectivity index (χ1) is 23.9. The van der Waals surface area contributed by atoms with Crippen molar-refractivity contribution in [3.63, 3.8) is 0 Å². The summed E-state index contributed by atoms with van der Waals surface area (Å²) in [6.45, 7) is 12.8. The molecule has 51 heavy (non-hydrogen) atoms. The van der Waals surface area contributed by atoms with Crippen molar-refractivity contribution in [3.05, 3.63) is 63.5 Å². The highest BCUT2D eigenvalue weighted by Crippen LogP contribution is 2.30. The molecule has 4 rings (SSSR count). The van der Waals surface area contributed by atoms with Crippen molar-refractivity contribution in [1.82, 2.24) is 20.5 Å². The summed E-state index contributed by atoms with van der Waals surface area (Å²) in [6, 6.07) is 11.6. The maximum Gasteiger partial charge on any atom is 0.408 e. The molecule has 15 heteroatoms. The number of thioether (sulfide) groups is 1. The van der Waals surface area contributed by atoms with E-state index in [0.717, 1.165) is 47.9 Å². The highest BCUT2D eigenvalue weighted by atomic mass is 35.5. The van der Waals surface area contributed by atoms with Gasteiger partial charge in [0.15, 0.2) is 4.34 Å². The predicted octanol–water partition coefficient (Wildman–Crippen LogP) is 7.55. The van der Waals surface area contributed by atoms with Crippen molar-refractivity contribution in [2.45, 2.75) is 95.0 Å². The summed E-state index contributed by atoms with van der Waals surface area (Å²) in [5.41, 5.74) is 1.43. The van der Waals surface area contributed by atoms with Crippen LogP contribution in [-0.2, 0) is 30.4 Å². The molecule has 1 aliphatic heterocycles. The average molecular weight is 779 g/mol. The van der Waals surface area contributed by atoms with Gasteiger partial charge in [-0.3, -0.25) is 19.3 Å². The van der Waals surface area contributed by atoms with Crippen LogP contribution >= 0.6 is 46.3 Å². The first kappa shape index (κ1) is 40.4. The number of ether oxygens (including phenoxy) is 2. The number of hydrogen-bond donors (Lipinski definition) is 3. The van der Waals surface area contributed by atoms with Gasteiger partial charge >= 0.3 is 12.1 Å². The first-order valence-electron chi connectivity index (χ1n) is 16.6. The van der Waals surface area contributed by atoms with Gasteiger partial charge in [0.1, 0.15) is 17.2 Å². The van der Waals surface area contributed by atoms with E-state index in [-0.39, 0.29) is 24.1 Å². The normalized spacial score (nSPS) is 14.7. The Morgan fingerprint density at radius 3 is 2.35 bits per heavy atom. The summed E-state index contributed by atoms with van der Waals surface area (Å²) in [6.07, 6.45) is 0.514. The van der Waals surface area contributed by atoms with Gasteiger partial charge in [0.2, 0.25) is 11.8 Å². The van der Waals surface area contributed by atoms with Crippen LogP contribution in [0.4, 0.5) is 10.5 Å². The van der Waals surface area contributed by atoms with Crippen molar-refractivity contribution in [2.24, 2.45) is 0 Å². The van der Waals surface area contributed by atoms with Crippen LogP contribution in [0.1, 0.15) is 66.4 Å². The van der Waals surface area contributed by atoms with E-state index in [2.05, 4.69) is 20.9 Å². The fourth-order valence-electron chi connectivity index (χ4n) is 5.18. The molecule has 3 aromatic rings. The van der Waals surface area contributed by atoms with Gasteiger partial charge in [-0.15, -0.1) is 11.3 Å². The summed E-state index contributed by atoms with van der Waals surface area (Å²) in [5, 5.41) is 11.4. The van der Waals surface area contributed by atoms with Gasteiger partial charge in [-0.2, -0.15) is 0 Å². The predicted molar refractivity (Wildman–Crippen MR) is 203 cm³/mol.